The largest absolute Gasteiger partial charge is 0.469 e. The quantitative estimate of drug-likeness (QED) is 0.559. The molecule has 1 aromatic heterocycles. The van der Waals surface area contributed by atoms with E-state index in [-0.39, 0.29) is 12.4 Å². The second-order valence-corrected chi connectivity index (χ2v) is 7.69. The van der Waals surface area contributed by atoms with E-state index >= 15 is 0 Å². The first-order valence-electron chi connectivity index (χ1n) is 9.72. The van der Waals surface area contributed by atoms with E-state index in [9.17, 15) is 9.59 Å². The molecule has 5 nitrogen and oxygen atoms in total. The zero-order valence-corrected chi connectivity index (χ0v) is 18.1. The summed E-state index contributed by atoms with van der Waals surface area (Å²) in [5.41, 5.74) is 11.7. The topological polar surface area (TPSA) is 74.3 Å². The van der Waals surface area contributed by atoms with E-state index in [0.717, 1.165) is 33.6 Å². The number of nitrogens with two attached hydrogens (primary N) is 1. The minimum atomic E-state index is -0.491. The van der Waals surface area contributed by atoms with Crippen molar-refractivity contribution < 1.29 is 14.3 Å². The van der Waals surface area contributed by atoms with Crippen molar-refractivity contribution in [2.45, 2.75) is 33.2 Å². The average molecular weight is 425 g/mol. The van der Waals surface area contributed by atoms with Crippen molar-refractivity contribution in [1.82, 2.24) is 4.57 Å². The van der Waals surface area contributed by atoms with Crippen molar-refractivity contribution in [3.8, 4) is 11.1 Å². The third kappa shape index (κ3) is 4.41. The van der Waals surface area contributed by atoms with Gasteiger partial charge in [0, 0.05) is 28.5 Å². The maximum absolute atomic E-state index is 12.5. The van der Waals surface area contributed by atoms with Gasteiger partial charge in [0.05, 0.1) is 19.1 Å². The van der Waals surface area contributed by atoms with Gasteiger partial charge in [-0.15, -0.1) is 0 Å². The predicted molar refractivity (Wildman–Crippen MR) is 119 cm³/mol. The number of hydrogen-bond donors (Lipinski definition) is 1. The number of methoxy groups -OCH3 is 1. The molecule has 0 atom stereocenters. The Labute approximate surface area is 181 Å². The standard InChI is InChI=1S/C24H25ClN2O3/c1-15-7-4-5-10-19(15)23-20(11-12-21(28)30-3)27(16(2)22(23)24(26)29)14-17-8-6-9-18(25)13-17/h4-10,13H,11-12,14H2,1-3H3,(H2,26,29). The van der Waals surface area contributed by atoms with Crippen LogP contribution >= 0.6 is 11.6 Å². The van der Waals surface area contributed by atoms with E-state index < -0.39 is 5.91 Å². The van der Waals surface area contributed by atoms with Gasteiger partial charge in [-0.2, -0.15) is 0 Å². The van der Waals surface area contributed by atoms with E-state index in [1.54, 1.807) is 0 Å². The first-order chi connectivity index (χ1) is 14.3. The van der Waals surface area contributed by atoms with Gasteiger partial charge in [-0.3, -0.25) is 9.59 Å². The number of nitrogens with zero attached hydrogens (tertiary/aromatic N) is 1. The zero-order chi connectivity index (χ0) is 21.8. The highest BCUT2D eigenvalue weighted by Crippen LogP contribution is 2.36. The Balaban J connectivity index is 2.24. The summed E-state index contributed by atoms with van der Waals surface area (Å²) in [5.74, 6) is -0.797. The number of primary amides is 1. The predicted octanol–water partition coefficient (Wildman–Crippen LogP) is 4.68. The molecule has 0 radical (unpaired) electrons. The van der Waals surface area contributed by atoms with Crippen LogP contribution in [0.1, 0.15) is 39.3 Å². The second kappa shape index (κ2) is 9.18. The van der Waals surface area contributed by atoms with Gasteiger partial charge in [0.1, 0.15) is 0 Å². The molecule has 0 saturated carbocycles. The van der Waals surface area contributed by atoms with Crippen LogP contribution < -0.4 is 5.73 Å². The highest BCUT2D eigenvalue weighted by molar-refractivity contribution is 6.30. The Kier molecular flexibility index (Phi) is 6.63. The van der Waals surface area contributed by atoms with E-state index in [0.29, 0.717) is 23.6 Å². The lowest BCUT2D eigenvalue weighted by atomic mass is 9.94. The summed E-state index contributed by atoms with van der Waals surface area (Å²) in [6.07, 6.45) is 0.623. The summed E-state index contributed by atoms with van der Waals surface area (Å²) in [7, 11) is 1.37. The monoisotopic (exact) mass is 424 g/mol. The number of esters is 1. The summed E-state index contributed by atoms with van der Waals surface area (Å²) in [6, 6.07) is 15.4. The van der Waals surface area contributed by atoms with E-state index in [1.807, 2.05) is 62.4 Å². The van der Waals surface area contributed by atoms with Gasteiger partial charge < -0.3 is 15.0 Å². The summed E-state index contributed by atoms with van der Waals surface area (Å²) >= 11 is 6.17. The fourth-order valence-electron chi connectivity index (χ4n) is 3.86. The summed E-state index contributed by atoms with van der Waals surface area (Å²) in [5, 5.41) is 0.641. The van der Waals surface area contributed by atoms with Gasteiger partial charge in [-0.05, 0) is 49.1 Å². The molecule has 2 aromatic carbocycles. The normalized spacial score (nSPS) is 10.8. The van der Waals surface area contributed by atoms with E-state index in [2.05, 4.69) is 4.57 Å². The first kappa shape index (κ1) is 21.7. The van der Waals surface area contributed by atoms with Gasteiger partial charge in [-0.1, -0.05) is 48.0 Å². The molecule has 6 heteroatoms. The number of ether oxygens (including phenoxy) is 1. The van der Waals surface area contributed by atoms with Gasteiger partial charge in [0.2, 0.25) is 0 Å². The number of amides is 1. The summed E-state index contributed by atoms with van der Waals surface area (Å²) in [6.45, 7) is 4.39. The molecule has 0 fully saturated rings. The van der Waals surface area contributed by atoms with Crippen molar-refractivity contribution in [3.63, 3.8) is 0 Å². The van der Waals surface area contributed by atoms with Crippen LogP contribution in [0.2, 0.25) is 5.02 Å². The number of halogens is 1. The highest BCUT2D eigenvalue weighted by atomic mass is 35.5. The lowest BCUT2D eigenvalue weighted by Gasteiger charge is -2.14. The SMILES string of the molecule is COC(=O)CCc1c(-c2ccccc2C)c(C(N)=O)c(C)n1Cc1cccc(Cl)c1. The Morgan fingerprint density at radius 1 is 1.10 bits per heavy atom. The Bertz CT molecular complexity index is 1100. The minimum absolute atomic E-state index is 0.201. The molecule has 0 saturated heterocycles. The third-order valence-electron chi connectivity index (χ3n) is 5.32. The highest BCUT2D eigenvalue weighted by Gasteiger charge is 2.26. The maximum Gasteiger partial charge on any atom is 0.305 e. The fourth-order valence-corrected chi connectivity index (χ4v) is 4.07. The molecule has 2 N–H and O–H groups in total. The van der Waals surface area contributed by atoms with Crippen LogP contribution in [0.3, 0.4) is 0 Å². The average Bonchev–Trinajstić information content (AvgIpc) is 2.98. The number of aromatic nitrogens is 1. The van der Waals surface area contributed by atoms with Gasteiger partial charge in [0.15, 0.2) is 0 Å². The molecule has 3 rings (SSSR count). The number of aryl methyl sites for hydroxylation is 1. The summed E-state index contributed by atoms with van der Waals surface area (Å²) in [4.78, 5) is 24.4. The number of carbonyl (C=O) groups excluding carboxylic acids is 2. The van der Waals surface area contributed by atoms with Crippen LogP contribution in [0.25, 0.3) is 11.1 Å². The summed E-state index contributed by atoms with van der Waals surface area (Å²) < 4.78 is 6.89. The fraction of sp³-hybridized carbons (Fsp3) is 0.250. The van der Waals surface area contributed by atoms with Crippen molar-refractivity contribution in [2.24, 2.45) is 5.73 Å². The minimum Gasteiger partial charge on any atom is -0.469 e. The van der Waals surface area contributed by atoms with Crippen molar-refractivity contribution in [2.75, 3.05) is 7.11 Å². The van der Waals surface area contributed by atoms with Crippen molar-refractivity contribution in [1.29, 1.82) is 0 Å². The molecule has 30 heavy (non-hydrogen) atoms. The molecule has 0 aliphatic carbocycles. The Morgan fingerprint density at radius 3 is 2.47 bits per heavy atom. The number of benzene rings is 2. The molecule has 1 heterocycles. The Morgan fingerprint density at radius 2 is 1.83 bits per heavy atom. The molecule has 3 aromatic rings. The van der Waals surface area contributed by atoms with Crippen LogP contribution in [0.15, 0.2) is 48.5 Å². The molecular formula is C24H25ClN2O3. The molecule has 1 amide bonds. The zero-order valence-electron chi connectivity index (χ0n) is 17.4. The van der Waals surface area contributed by atoms with Crippen molar-refractivity contribution in [3.05, 3.63) is 81.6 Å². The maximum atomic E-state index is 12.5. The first-order valence-corrected chi connectivity index (χ1v) is 10.1. The second-order valence-electron chi connectivity index (χ2n) is 7.25. The van der Waals surface area contributed by atoms with Crippen LogP contribution in [-0.2, 0) is 22.5 Å². The third-order valence-corrected chi connectivity index (χ3v) is 5.55. The Hall–Kier alpha value is -3.05. The lowest BCUT2D eigenvalue weighted by molar-refractivity contribution is -0.140. The lowest BCUT2D eigenvalue weighted by Crippen LogP contribution is -2.13. The molecule has 0 spiro atoms. The molecule has 156 valence electrons. The van der Waals surface area contributed by atoms with E-state index in [4.69, 9.17) is 22.1 Å². The van der Waals surface area contributed by atoms with Gasteiger partial charge >= 0.3 is 5.97 Å². The molecule has 0 unspecified atom stereocenters. The van der Waals surface area contributed by atoms with Crippen molar-refractivity contribution >= 4 is 23.5 Å². The molecule has 0 bridgehead atoms. The van der Waals surface area contributed by atoms with Crippen LogP contribution in [0.4, 0.5) is 0 Å². The van der Waals surface area contributed by atoms with Gasteiger partial charge in [-0.25, -0.2) is 0 Å². The van der Waals surface area contributed by atoms with Gasteiger partial charge in [0.25, 0.3) is 5.91 Å². The smallest absolute Gasteiger partial charge is 0.305 e. The number of hydrogen-bond acceptors (Lipinski definition) is 3. The number of carbonyl (C=O) groups is 2. The molecule has 0 aliphatic heterocycles. The van der Waals surface area contributed by atoms with Crippen LogP contribution in [0, 0.1) is 13.8 Å². The van der Waals surface area contributed by atoms with E-state index in [1.165, 1.54) is 7.11 Å². The molecular weight excluding hydrogens is 400 g/mol. The van der Waals surface area contributed by atoms with Crippen LogP contribution in [0.5, 0.6) is 0 Å². The van der Waals surface area contributed by atoms with Crippen LogP contribution in [-0.4, -0.2) is 23.6 Å². The number of rotatable bonds is 7. The molecule has 0 aliphatic rings.